The Kier molecular flexibility index (Phi) is 6.67. The number of aromatic nitrogens is 2. The van der Waals surface area contributed by atoms with Crippen LogP contribution in [0.5, 0.6) is 0 Å². The third-order valence-electron chi connectivity index (χ3n) is 3.46. The summed E-state index contributed by atoms with van der Waals surface area (Å²) >= 11 is 0. The number of hydrogen-bond acceptors (Lipinski definition) is 4. The lowest BCUT2D eigenvalue weighted by Gasteiger charge is -2.17. The summed E-state index contributed by atoms with van der Waals surface area (Å²) in [5, 5.41) is 7.05. The molecule has 1 rings (SSSR count). The highest BCUT2D eigenvalue weighted by molar-refractivity contribution is 5.94. The number of nitrogens with two attached hydrogens (primary N) is 1. The van der Waals surface area contributed by atoms with E-state index in [9.17, 15) is 4.79 Å². The van der Waals surface area contributed by atoms with Crippen LogP contribution >= 0.6 is 0 Å². The van der Waals surface area contributed by atoms with Crippen LogP contribution in [0, 0.1) is 5.92 Å². The van der Waals surface area contributed by atoms with E-state index in [1.165, 1.54) is 0 Å². The largest absolute Gasteiger partial charge is 0.322 e. The molecule has 1 aromatic heterocycles. The fourth-order valence-corrected chi connectivity index (χ4v) is 1.86. The van der Waals surface area contributed by atoms with E-state index in [1.54, 1.807) is 6.20 Å². The zero-order chi connectivity index (χ0) is 15.1. The van der Waals surface area contributed by atoms with Gasteiger partial charge in [-0.1, -0.05) is 27.7 Å². The first kappa shape index (κ1) is 16.7. The number of nitrogens with one attached hydrogen (secondary N) is 1. The number of rotatable bonds is 8. The zero-order valence-corrected chi connectivity index (χ0v) is 13.0. The molecule has 114 valence electrons. The van der Waals surface area contributed by atoms with Crippen molar-refractivity contribution in [1.82, 2.24) is 14.7 Å². The molecule has 1 amide bonds. The Balaban J connectivity index is 2.49. The minimum Gasteiger partial charge on any atom is -0.322 e. The van der Waals surface area contributed by atoms with Gasteiger partial charge in [0.05, 0.1) is 24.5 Å². The molecular weight excluding hydrogens is 254 g/mol. The molecule has 6 nitrogen and oxygen atoms in total. The lowest BCUT2D eigenvalue weighted by atomic mass is 10.1. The van der Waals surface area contributed by atoms with Gasteiger partial charge in [-0.25, -0.2) is 0 Å². The summed E-state index contributed by atoms with van der Waals surface area (Å²) in [6.45, 7) is 12.0. The van der Waals surface area contributed by atoms with Gasteiger partial charge in [-0.3, -0.25) is 9.48 Å². The van der Waals surface area contributed by atoms with Gasteiger partial charge in [-0.15, -0.1) is 0 Å². The van der Waals surface area contributed by atoms with E-state index in [1.807, 2.05) is 24.7 Å². The van der Waals surface area contributed by atoms with Gasteiger partial charge in [0, 0.05) is 12.7 Å². The Hall–Kier alpha value is -1.40. The highest BCUT2D eigenvalue weighted by Crippen LogP contribution is 2.07. The van der Waals surface area contributed by atoms with Crippen molar-refractivity contribution in [2.75, 3.05) is 25.0 Å². The van der Waals surface area contributed by atoms with Gasteiger partial charge in [0.15, 0.2) is 0 Å². The number of nitrogens with zero attached hydrogens (tertiary/aromatic N) is 3. The highest BCUT2D eigenvalue weighted by Gasteiger charge is 2.17. The molecule has 1 aromatic rings. The van der Waals surface area contributed by atoms with Crippen LogP contribution < -0.4 is 11.1 Å². The van der Waals surface area contributed by atoms with Crippen molar-refractivity contribution in [3.05, 3.63) is 12.4 Å². The SMILES string of the molecule is CCN(CC)CCn1cc(NC(=O)[C@H](N)C(C)C)cn1. The third kappa shape index (κ3) is 4.94. The van der Waals surface area contributed by atoms with Crippen LogP contribution in [-0.4, -0.2) is 46.3 Å². The van der Waals surface area contributed by atoms with Gasteiger partial charge in [0.1, 0.15) is 0 Å². The van der Waals surface area contributed by atoms with E-state index < -0.39 is 6.04 Å². The highest BCUT2D eigenvalue weighted by atomic mass is 16.2. The lowest BCUT2D eigenvalue weighted by molar-refractivity contribution is -0.118. The van der Waals surface area contributed by atoms with E-state index in [0.717, 1.165) is 26.2 Å². The fourth-order valence-electron chi connectivity index (χ4n) is 1.86. The molecule has 0 aliphatic rings. The molecule has 0 radical (unpaired) electrons. The molecule has 0 saturated carbocycles. The standard InChI is InChI=1S/C14H27N5O/c1-5-18(6-2)7-8-19-10-12(9-16-19)17-14(20)13(15)11(3)4/h9-11,13H,5-8,15H2,1-4H3,(H,17,20)/t13-/m1/s1. The first-order chi connectivity index (χ1) is 9.47. The minimum atomic E-state index is -0.492. The minimum absolute atomic E-state index is 0.118. The normalized spacial score (nSPS) is 12.9. The molecular formula is C14H27N5O. The topological polar surface area (TPSA) is 76.2 Å². The Morgan fingerprint density at radius 2 is 2.10 bits per heavy atom. The summed E-state index contributed by atoms with van der Waals surface area (Å²) in [5.74, 6) is -0.0454. The molecule has 0 spiro atoms. The molecule has 0 aliphatic carbocycles. The smallest absolute Gasteiger partial charge is 0.241 e. The van der Waals surface area contributed by atoms with Crippen LogP contribution in [0.2, 0.25) is 0 Å². The second-order valence-corrected chi connectivity index (χ2v) is 5.28. The van der Waals surface area contributed by atoms with Crippen molar-refractivity contribution in [3.63, 3.8) is 0 Å². The lowest BCUT2D eigenvalue weighted by Crippen LogP contribution is -2.39. The van der Waals surface area contributed by atoms with Crippen molar-refractivity contribution in [1.29, 1.82) is 0 Å². The molecule has 3 N–H and O–H groups in total. The van der Waals surface area contributed by atoms with Crippen molar-refractivity contribution in [2.45, 2.75) is 40.3 Å². The third-order valence-corrected chi connectivity index (χ3v) is 3.46. The summed E-state index contributed by atoms with van der Waals surface area (Å²) in [6, 6.07) is -0.492. The number of carbonyl (C=O) groups excluding carboxylic acids is 1. The van der Waals surface area contributed by atoms with Crippen molar-refractivity contribution < 1.29 is 4.79 Å². The number of hydrogen-bond donors (Lipinski definition) is 2. The van der Waals surface area contributed by atoms with Gasteiger partial charge >= 0.3 is 0 Å². The van der Waals surface area contributed by atoms with Crippen molar-refractivity contribution >= 4 is 11.6 Å². The van der Waals surface area contributed by atoms with Gasteiger partial charge in [-0.05, 0) is 19.0 Å². The van der Waals surface area contributed by atoms with Crippen LogP contribution in [0.1, 0.15) is 27.7 Å². The number of carbonyl (C=O) groups is 1. The predicted octanol–water partition coefficient (Wildman–Crippen LogP) is 1.15. The van der Waals surface area contributed by atoms with Crippen LogP contribution in [0.4, 0.5) is 5.69 Å². The van der Waals surface area contributed by atoms with Crippen LogP contribution in [0.3, 0.4) is 0 Å². The Labute approximate surface area is 121 Å². The average molecular weight is 281 g/mol. The molecule has 0 saturated heterocycles. The van der Waals surface area contributed by atoms with E-state index in [0.29, 0.717) is 5.69 Å². The zero-order valence-electron chi connectivity index (χ0n) is 13.0. The van der Waals surface area contributed by atoms with Crippen molar-refractivity contribution in [3.8, 4) is 0 Å². The number of anilines is 1. The summed E-state index contributed by atoms with van der Waals surface area (Å²) in [7, 11) is 0. The second-order valence-electron chi connectivity index (χ2n) is 5.28. The monoisotopic (exact) mass is 281 g/mol. The fraction of sp³-hybridized carbons (Fsp3) is 0.714. The molecule has 1 atom stereocenters. The Morgan fingerprint density at radius 3 is 2.65 bits per heavy atom. The molecule has 0 unspecified atom stereocenters. The van der Waals surface area contributed by atoms with Gasteiger partial charge in [0.25, 0.3) is 0 Å². The second kappa shape index (κ2) is 8.01. The molecule has 20 heavy (non-hydrogen) atoms. The average Bonchev–Trinajstić information content (AvgIpc) is 2.86. The molecule has 0 aromatic carbocycles. The molecule has 6 heteroatoms. The molecule has 0 fully saturated rings. The Bertz CT molecular complexity index is 411. The molecule has 1 heterocycles. The predicted molar refractivity (Wildman–Crippen MR) is 81.5 cm³/mol. The first-order valence-electron chi connectivity index (χ1n) is 7.29. The molecule has 0 bridgehead atoms. The maximum absolute atomic E-state index is 11.8. The summed E-state index contributed by atoms with van der Waals surface area (Å²) < 4.78 is 1.84. The summed E-state index contributed by atoms with van der Waals surface area (Å²) in [6.07, 6.45) is 3.50. The van der Waals surface area contributed by atoms with E-state index in [2.05, 4.69) is 29.2 Å². The summed E-state index contributed by atoms with van der Waals surface area (Å²) in [5.41, 5.74) is 6.50. The first-order valence-corrected chi connectivity index (χ1v) is 7.29. The number of amides is 1. The Morgan fingerprint density at radius 1 is 1.45 bits per heavy atom. The number of likely N-dealkylation sites (N-methyl/N-ethyl adjacent to an activating group) is 1. The van der Waals surface area contributed by atoms with Gasteiger partial charge in [0.2, 0.25) is 5.91 Å². The van der Waals surface area contributed by atoms with Crippen molar-refractivity contribution in [2.24, 2.45) is 11.7 Å². The van der Waals surface area contributed by atoms with E-state index in [-0.39, 0.29) is 11.8 Å². The maximum atomic E-state index is 11.8. The van der Waals surface area contributed by atoms with Crippen LogP contribution in [-0.2, 0) is 11.3 Å². The van der Waals surface area contributed by atoms with Crippen LogP contribution in [0.15, 0.2) is 12.4 Å². The van der Waals surface area contributed by atoms with E-state index in [4.69, 9.17) is 5.73 Å². The maximum Gasteiger partial charge on any atom is 0.241 e. The van der Waals surface area contributed by atoms with E-state index >= 15 is 0 Å². The van der Waals surface area contributed by atoms with Crippen LogP contribution in [0.25, 0.3) is 0 Å². The molecule has 0 aliphatic heterocycles. The summed E-state index contributed by atoms with van der Waals surface area (Å²) in [4.78, 5) is 14.2. The quantitative estimate of drug-likeness (QED) is 0.749. The van der Waals surface area contributed by atoms with Gasteiger partial charge < -0.3 is 16.0 Å². The van der Waals surface area contributed by atoms with Gasteiger partial charge in [-0.2, -0.15) is 5.10 Å².